The van der Waals surface area contributed by atoms with E-state index in [0.29, 0.717) is 4.20 Å². The summed E-state index contributed by atoms with van der Waals surface area (Å²) < 4.78 is 0.543. The van der Waals surface area contributed by atoms with E-state index in [4.69, 9.17) is 23.1 Å². The molecule has 1 atom stereocenters. The fourth-order valence-electron chi connectivity index (χ4n) is 1.19. The van der Waals surface area contributed by atoms with Crippen molar-refractivity contribution in [3.63, 3.8) is 0 Å². The summed E-state index contributed by atoms with van der Waals surface area (Å²) >= 11 is 7.57. The molecule has 0 aliphatic rings. The second-order valence-corrected chi connectivity index (χ2v) is 6.55. The molecule has 0 amide bonds. The molecule has 3 N–H and O–H groups in total. The van der Waals surface area contributed by atoms with E-state index in [0.717, 1.165) is 22.2 Å². The van der Waals surface area contributed by atoms with Crippen LogP contribution in [0, 0.1) is 0 Å². The van der Waals surface area contributed by atoms with Crippen molar-refractivity contribution in [2.75, 3.05) is 5.75 Å². The van der Waals surface area contributed by atoms with E-state index < -0.39 is 12.0 Å². The van der Waals surface area contributed by atoms with Gasteiger partial charge in [-0.1, -0.05) is 42.2 Å². The van der Waals surface area contributed by atoms with Gasteiger partial charge in [-0.25, -0.2) is 0 Å². The Kier molecular flexibility index (Phi) is 6.50. The predicted molar refractivity (Wildman–Crippen MR) is 82.7 cm³/mol. The zero-order chi connectivity index (χ0) is 14.4. The van der Waals surface area contributed by atoms with E-state index in [2.05, 4.69) is 0 Å². The molecule has 0 heterocycles. The molecule has 0 aliphatic carbocycles. The maximum Gasteiger partial charge on any atom is 0.321 e. The van der Waals surface area contributed by atoms with E-state index in [1.807, 2.05) is 24.3 Å². The molecular formula is C12H13NO3S3. The van der Waals surface area contributed by atoms with Gasteiger partial charge in [0.2, 0.25) is 0 Å². The first kappa shape index (κ1) is 16.2. The third-order valence-corrected chi connectivity index (χ3v) is 4.52. The molecular weight excluding hydrogens is 302 g/mol. The molecule has 0 aliphatic heterocycles. The number of aliphatic carboxylic acids is 1. The molecule has 0 saturated carbocycles. The minimum atomic E-state index is -1.05. The lowest BCUT2D eigenvalue weighted by molar-refractivity contribution is -0.137. The van der Waals surface area contributed by atoms with Gasteiger partial charge in [0, 0.05) is 23.1 Å². The Balaban J connectivity index is 2.76. The van der Waals surface area contributed by atoms with Crippen molar-refractivity contribution in [1.29, 1.82) is 0 Å². The average molecular weight is 315 g/mol. The summed E-state index contributed by atoms with van der Waals surface area (Å²) in [7, 11) is 0. The monoisotopic (exact) mass is 315 g/mol. The highest BCUT2D eigenvalue weighted by atomic mass is 32.2. The van der Waals surface area contributed by atoms with E-state index >= 15 is 0 Å². The Labute approximate surface area is 125 Å². The summed E-state index contributed by atoms with van der Waals surface area (Å²) in [6.45, 7) is 1.48. The van der Waals surface area contributed by atoms with Crippen molar-refractivity contribution in [3.8, 4) is 0 Å². The first-order valence-corrected chi connectivity index (χ1v) is 7.55. The van der Waals surface area contributed by atoms with Crippen LogP contribution in [0.2, 0.25) is 0 Å². The number of thiocarbonyl (C=S) groups is 1. The Morgan fingerprint density at radius 1 is 1.42 bits per heavy atom. The molecule has 1 aromatic rings. The highest BCUT2D eigenvalue weighted by Crippen LogP contribution is 2.27. The molecule has 102 valence electrons. The number of carbonyl (C=O) groups excluding carboxylic acids is 1. The van der Waals surface area contributed by atoms with Crippen LogP contribution >= 0.6 is 35.7 Å². The van der Waals surface area contributed by atoms with Crippen LogP contribution in [0.15, 0.2) is 29.2 Å². The zero-order valence-electron chi connectivity index (χ0n) is 10.2. The molecule has 1 rings (SSSR count). The van der Waals surface area contributed by atoms with Crippen molar-refractivity contribution in [2.45, 2.75) is 17.9 Å². The van der Waals surface area contributed by atoms with E-state index in [9.17, 15) is 9.59 Å². The van der Waals surface area contributed by atoms with Gasteiger partial charge in [0.05, 0.1) is 4.20 Å². The van der Waals surface area contributed by atoms with Gasteiger partial charge in [-0.05, 0) is 6.07 Å². The maximum absolute atomic E-state index is 11.2. The van der Waals surface area contributed by atoms with Crippen LogP contribution in [0.25, 0.3) is 0 Å². The number of hydrogen-bond donors (Lipinski definition) is 2. The summed E-state index contributed by atoms with van der Waals surface area (Å²) in [5.74, 6) is -0.852. The molecule has 0 aromatic heterocycles. The Hall–Kier alpha value is -0.890. The van der Waals surface area contributed by atoms with E-state index in [-0.39, 0.29) is 10.9 Å². The summed E-state index contributed by atoms with van der Waals surface area (Å²) in [5, 5.41) is 8.68. The average Bonchev–Trinajstić information content (AvgIpc) is 2.35. The van der Waals surface area contributed by atoms with Crippen LogP contribution in [0.5, 0.6) is 0 Å². The summed E-state index contributed by atoms with van der Waals surface area (Å²) in [6, 6.07) is 6.32. The minimum Gasteiger partial charge on any atom is -0.480 e. The Morgan fingerprint density at radius 2 is 2.05 bits per heavy atom. The number of thioether (sulfide) groups is 2. The molecule has 0 bridgehead atoms. The number of hydrogen-bond acceptors (Lipinski definition) is 6. The van der Waals surface area contributed by atoms with Crippen LogP contribution in [0.3, 0.4) is 0 Å². The van der Waals surface area contributed by atoms with Gasteiger partial charge in [-0.3, -0.25) is 9.59 Å². The number of carboxylic acid groups (broad SMARTS) is 1. The number of nitrogens with two attached hydrogens (primary N) is 1. The molecule has 0 radical (unpaired) electrons. The molecule has 0 spiro atoms. The molecule has 0 fully saturated rings. The quantitative estimate of drug-likeness (QED) is 0.636. The number of carboxylic acids is 1. The number of carbonyl (C=O) groups is 2. The zero-order valence-corrected chi connectivity index (χ0v) is 12.6. The number of benzene rings is 1. The maximum atomic E-state index is 11.2. The van der Waals surface area contributed by atoms with Gasteiger partial charge in [0.25, 0.3) is 0 Å². The van der Waals surface area contributed by atoms with Gasteiger partial charge in [-0.2, -0.15) is 0 Å². The third-order valence-electron chi connectivity index (χ3n) is 2.07. The van der Waals surface area contributed by atoms with Crippen molar-refractivity contribution in [1.82, 2.24) is 0 Å². The lowest BCUT2D eigenvalue weighted by atomic mass is 10.2. The fraction of sp³-hybridized carbons (Fsp3) is 0.250. The second kappa shape index (κ2) is 7.64. The smallest absolute Gasteiger partial charge is 0.321 e. The molecule has 19 heavy (non-hydrogen) atoms. The third kappa shape index (κ3) is 5.32. The lowest BCUT2D eigenvalue weighted by Crippen LogP contribution is -2.32. The van der Waals surface area contributed by atoms with Crippen molar-refractivity contribution in [2.24, 2.45) is 5.73 Å². The summed E-state index contributed by atoms with van der Waals surface area (Å²) in [5.41, 5.74) is 6.19. The molecule has 4 nitrogen and oxygen atoms in total. The van der Waals surface area contributed by atoms with Gasteiger partial charge in [-0.15, -0.1) is 11.8 Å². The highest BCUT2D eigenvalue weighted by Gasteiger charge is 2.15. The number of rotatable bonds is 5. The fourth-order valence-corrected chi connectivity index (χ4v) is 3.25. The molecule has 7 heteroatoms. The van der Waals surface area contributed by atoms with Crippen LogP contribution in [0.1, 0.15) is 12.5 Å². The van der Waals surface area contributed by atoms with Gasteiger partial charge >= 0.3 is 5.97 Å². The lowest BCUT2D eigenvalue weighted by Gasteiger charge is -2.10. The van der Waals surface area contributed by atoms with Crippen LogP contribution in [-0.2, 0) is 9.59 Å². The first-order chi connectivity index (χ1) is 8.91. The van der Waals surface area contributed by atoms with Gasteiger partial charge in [0.1, 0.15) is 6.04 Å². The highest BCUT2D eigenvalue weighted by molar-refractivity contribution is 8.23. The van der Waals surface area contributed by atoms with E-state index in [1.54, 1.807) is 0 Å². The molecule has 0 saturated heterocycles. The van der Waals surface area contributed by atoms with Gasteiger partial charge in [0.15, 0.2) is 5.12 Å². The topological polar surface area (TPSA) is 80.4 Å². The molecule has 0 unspecified atom stereocenters. The first-order valence-electron chi connectivity index (χ1n) is 5.34. The van der Waals surface area contributed by atoms with Crippen molar-refractivity contribution >= 4 is 51.0 Å². The Bertz CT molecular complexity index is 505. The van der Waals surface area contributed by atoms with Crippen molar-refractivity contribution < 1.29 is 14.7 Å². The predicted octanol–water partition coefficient (Wildman–Crippen LogP) is 2.15. The SMILES string of the molecule is CC(=O)Sc1ccccc1C(=S)SC[C@H](N)C(=O)O. The second-order valence-electron chi connectivity index (χ2n) is 3.63. The van der Waals surface area contributed by atoms with E-state index in [1.165, 1.54) is 18.7 Å². The van der Waals surface area contributed by atoms with Crippen molar-refractivity contribution in [3.05, 3.63) is 29.8 Å². The van der Waals surface area contributed by atoms with Crippen LogP contribution in [0.4, 0.5) is 0 Å². The molecule has 1 aromatic carbocycles. The Morgan fingerprint density at radius 3 is 2.63 bits per heavy atom. The summed E-state index contributed by atoms with van der Waals surface area (Å²) in [6.07, 6.45) is 0. The standard InChI is InChI=1S/C12H13NO3S3/c1-7(14)19-10-5-3-2-4-8(10)12(17)18-6-9(13)11(15)16/h2-5,9H,6,13H2,1H3,(H,15,16)/t9-/m0/s1. The normalized spacial score (nSPS) is 11.9. The van der Waals surface area contributed by atoms with Crippen LogP contribution in [-0.4, -0.2) is 32.2 Å². The van der Waals surface area contributed by atoms with Crippen LogP contribution < -0.4 is 5.73 Å². The van der Waals surface area contributed by atoms with Gasteiger partial charge < -0.3 is 10.8 Å². The minimum absolute atomic E-state index is 0.0255. The summed E-state index contributed by atoms with van der Waals surface area (Å²) in [4.78, 5) is 22.6. The largest absolute Gasteiger partial charge is 0.480 e.